The Balaban J connectivity index is 1.84. The zero-order valence-corrected chi connectivity index (χ0v) is 12.9. The summed E-state index contributed by atoms with van der Waals surface area (Å²) in [5.41, 5.74) is 1.97. The van der Waals surface area contributed by atoms with Crippen LogP contribution in [-0.2, 0) is 0 Å². The average Bonchev–Trinajstić information content (AvgIpc) is 2.61. The molecule has 1 N–H and O–H groups in total. The highest BCUT2D eigenvalue weighted by Crippen LogP contribution is 2.22. The molecular formula is C18H16N2O3. The minimum absolute atomic E-state index is 0.210. The van der Waals surface area contributed by atoms with Crippen molar-refractivity contribution in [1.29, 1.82) is 0 Å². The Kier molecular flexibility index (Phi) is 4.10. The van der Waals surface area contributed by atoms with Crippen molar-refractivity contribution in [3.05, 3.63) is 60.3 Å². The molecule has 116 valence electrons. The van der Waals surface area contributed by atoms with Crippen LogP contribution < -0.4 is 14.8 Å². The van der Waals surface area contributed by atoms with Crippen LogP contribution in [0.4, 0.5) is 5.69 Å². The van der Waals surface area contributed by atoms with Crippen molar-refractivity contribution in [2.45, 2.75) is 0 Å². The molecule has 0 aliphatic carbocycles. The molecule has 0 saturated carbocycles. The maximum Gasteiger partial charge on any atom is 0.255 e. The lowest BCUT2D eigenvalue weighted by Gasteiger charge is -2.08. The zero-order valence-electron chi connectivity index (χ0n) is 12.9. The maximum absolute atomic E-state index is 12.3. The lowest BCUT2D eigenvalue weighted by Crippen LogP contribution is -2.12. The van der Waals surface area contributed by atoms with Gasteiger partial charge in [0.1, 0.15) is 11.5 Å². The van der Waals surface area contributed by atoms with E-state index in [1.807, 2.05) is 24.3 Å². The first kappa shape index (κ1) is 14.8. The lowest BCUT2D eigenvalue weighted by atomic mass is 10.2. The SMILES string of the molecule is COc1cccc(C(=O)Nc2cnc3cc(OC)ccc3c2)c1. The van der Waals surface area contributed by atoms with E-state index in [0.29, 0.717) is 17.0 Å². The topological polar surface area (TPSA) is 60.5 Å². The standard InChI is InChI=1S/C18H16N2O3/c1-22-15-5-3-4-13(9-15)18(21)20-14-8-12-6-7-16(23-2)10-17(12)19-11-14/h3-11H,1-2H3,(H,20,21). The highest BCUT2D eigenvalue weighted by atomic mass is 16.5. The number of nitrogens with zero attached hydrogens (tertiary/aromatic N) is 1. The van der Waals surface area contributed by atoms with Gasteiger partial charge in [-0.2, -0.15) is 0 Å². The number of rotatable bonds is 4. The number of amides is 1. The first-order valence-corrected chi connectivity index (χ1v) is 7.09. The summed E-state index contributed by atoms with van der Waals surface area (Å²) >= 11 is 0. The first-order valence-electron chi connectivity index (χ1n) is 7.09. The monoisotopic (exact) mass is 308 g/mol. The Morgan fingerprint density at radius 3 is 2.57 bits per heavy atom. The second kappa shape index (κ2) is 6.36. The quantitative estimate of drug-likeness (QED) is 0.801. The molecule has 5 heteroatoms. The van der Waals surface area contributed by atoms with E-state index in [1.54, 1.807) is 44.7 Å². The van der Waals surface area contributed by atoms with E-state index in [9.17, 15) is 4.79 Å². The van der Waals surface area contributed by atoms with Crippen LogP contribution in [0.25, 0.3) is 10.9 Å². The van der Waals surface area contributed by atoms with Crippen LogP contribution in [0.2, 0.25) is 0 Å². The van der Waals surface area contributed by atoms with E-state index in [2.05, 4.69) is 10.3 Å². The van der Waals surface area contributed by atoms with Crippen molar-refractivity contribution < 1.29 is 14.3 Å². The van der Waals surface area contributed by atoms with Gasteiger partial charge in [0, 0.05) is 17.0 Å². The first-order chi connectivity index (χ1) is 11.2. The van der Waals surface area contributed by atoms with E-state index >= 15 is 0 Å². The molecular weight excluding hydrogens is 292 g/mol. The number of ether oxygens (including phenoxy) is 2. The fourth-order valence-corrected chi connectivity index (χ4v) is 2.26. The Morgan fingerprint density at radius 2 is 1.78 bits per heavy atom. The largest absolute Gasteiger partial charge is 0.497 e. The van der Waals surface area contributed by atoms with Gasteiger partial charge in [0.25, 0.3) is 5.91 Å². The molecule has 5 nitrogen and oxygen atoms in total. The van der Waals surface area contributed by atoms with Crippen molar-refractivity contribution in [1.82, 2.24) is 4.98 Å². The molecule has 0 aliphatic rings. The molecule has 0 radical (unpaired) electrons. The van der Waals surface area contributed by atoms with E-state index in [-0.39, 0.29) is 5.91 Å². The predicted molar refractivity (Wildman–Crippen MR) is 89.2 cm³/mol. The fraction of sp³-hybridized carbons (Fsp3) is 0.111. The number of anilines is 1. The van der Waals surface area contributed by atoms with Crippen LogP contribution in [0.15, 0.2) is 54.7 Å². The smallest absolute Gasteiger partial charge is 0.255 e. The molecule has 3 rings (SSSR count). The molecule has 3 aromatic rings. The highest BCUT2D eigenvalue weighted by Gasteiger charge is 2.08. The third kappa shape index (κ3) is 3.23. The second-order valence-corrected chi connectivity index (χ2v) is 4.97. The van der Waals surface area contributed by atoms with Gasteiger partial charge in [0.15, 0.2) is 0 Å². The fourth-order valence-electron chi connectivity index (χ4n) is 2.26. The van der Waals surface area contributed by atoms with Gasteiger partial charge in [0.05, 0.1) is 31.6 Å². The van der Waals surface area contributed by atoms with Crippen molar-refractivity contribution >= 4 is 22.5 Å². The van der Waals surface area contributed by atoms with Crippen molar-refractivity contribution in [3.8, 4) is 11.5 Å². The number of pyridine rings is 1. The van der Waals surface area contributed by atoms with Gasteiger partial charge in [-0.25, -0.2) is 0 Å². The van der Waals surface area contributed by atoms with Crippen LogP contribution >= 0.6 is 0 Å². The number of hydrogen-bond acceptors (Lipinski definition) is 4. The zero-order chi connectivity index (χ0) is 16.2. The van der Waals surface area contributed by atoms with Crippen LogP contribution in [0.5, 0.6) is 11.5 Å². The molecule has 1 heterocycles. The van der Waals surface area contributed by atoms with Crippen molar-refractivity contribution in [2.75, 3.05) is 19.5 Å². The van der Waals surface area contributed by atoms with Gasteiger partial charge in [-0.05, 0) is 36.4 Å². The predicted octanol–water partition coefficient (Wildman–Crippen LogP) is 3.50. The summed E-state index contributed by atoms with van der Waals surface area (Å²) in [6.45, 7) is 0. The molecule has 2 aromatic carbocycles. The molecule has 0 bridgehead atoms. The number of carbonyl (C=O) groups is 1. The highest BCUT2D eigenvalue weighted by molar-refractivity contribution is 6.05. The summed E-state index contributed by atoms with van der Waals surface area (Å²) in [6.07, 6.45) is 1.62. The number of hydrogen-bond donors (Lipinski definition) is 1. The minimum atomic E-state index is -0.210. The van der Waals surface area contributed by atoms with Gasteiger partial charge in [0.2, 0.25) is 0 Å². The summed E-state index contributed by atoms with van der Waals surface area (Å²) in [7, 11) is 3.18. The third-order valence-corrected chi connectivity index (χ3v) is 3.48. The average molecular weight is 308 g/mol. The summed E-state index contributed by atoms with van der Waals surface area (Å²) in [6, 6.07) is 14.5. The Bertz CT molecular complexity index is 862. The van der Waals surface area contributed by atoms with Gasteiger partial charge in [-0.1, -0.05) is 6.07 Å². The molecule has 0 saturated heterocycles. The van der Waals surface area contributed by atoms with Crippen molar-refractivity contribution in [2.24, 2.45) is 0 Å². The molecule has 0 unspecified atom stereocenters. The molecule has 0 fully saturated rings. The van der Waals surface area contributed by atoms with E-state index in [0.717, 1.165) is 16.7 Å². The number of nitrogens with one attached hydrogen (secondary N) is 1. The maximum atomic E-state index is 12.3. The van der Waals surface area contributed by atoms with Gasteiger partial charge in [-0.3, -0.25) is 9.78 Å². The van der Waals surface area contributed by atoms with Crippen LogP contribution in [0, 0.1) is 0 Å². The van der Waals surface area contributed by atoms with Crippen LogP contribution in [0.1, 0.15) is 10.4 Å². The molecule has 0 aliphatic heterocycles. The Morgan fingerprint density at radius 1 is 1.00 bits per heavy atom. The second-order valence-electron chi connectivity index (χ2n) is 4.97. The number of fused-ring (bicyclic) bond motifs is 1. The molecule has 0 atom stereocenters. The Labute approximate surface area is 133 Å². The summed E-state index contributed by atoms with van der Waals surface area (Å²) in [5, 5.41) is 3.77. The summed E-state index contributed by atoms with van der Waals surface area (Å²) < 4.78 is 10.3. The lowest BCUT2D eigenvalue weighted by molar-refractivity contribution is 0.102. The van der Waals surface area contributed by atoms with Gasteiger partial charge in [-0.15, -0.1) is 0 Å². The van der Waals surface area contributed by atoms with Gasteiger partial charge >= 0.3 is 0 Å². The molecule has 0 spiro atoms. The minimum Gasteiger partial charge on any atom is -0.497 e. The van der Waals surface area contributed by atoms with Crippen LogP contribution in [-0.4, -0.2) is 25.1 Å². The van der Waals surface area contributed by atoms with E-state index in [1.165, 1.54) is 0 Å². The third-order valence-electron chi connectivity index (χ3n) is 3.48. The molecule has 1 amide bonds. The number of methoxy groups -OCH3 is 2. The van der Waals surface area contributed by atoms with E-state index in [4.69, 9.17) is 9.47 Å². The number of benzene rings is 2. The van der Waals surface area contributed by atoms with E-state index < -0.39 is 0 Å². The van der Waals surface area contributed by atoms with Crippen molar-refractivity contribution in [3.63, 3.8) is 0 Å². The number of carbonyl (C=O) groups excluding carboxylic acids is 1. The Hall–Kier alpha value is -3.08. The van der Waals surface area contributed by atoms with Gasteiger partial charge < -0.3 is 14.8 Å². The summed E-state index contributed by atoms with van der Waals surface area (Å²) in [4.78, 5) is 16.7. The normalized spacial score (nSPS) is 10.3. The molecule has 1 aromatic heterocycles. The van der Waals surface area contributed by atoms with Crippen LogP contribution in [0.3, 0.4) is 0 Å². The summed E-state index contributed by atoms with van der Waals surface area (Å²) in [5.74, 6) is 1.18. The number of aromatic nitrogens is 1. The molecule has 23 heavy (non-hydrogen) atoms.